The van der Waals surface area contributed by atoms with Crippen LogP contribution < -0.4 is 15.5 Å². The highest BCUT2D eigenvalue weighted by atomic mass is 16.6. The number of rotatable bonds is 7. The number of para-hydroxylation sites is 2. The summed E-state index contributed by atoms with van der Waals surface area (Å²) in [7, 11) is 3.95. The van der Waals surface area contributed by atoms with Crippen LogP contribution in [0.4, 0.5) is 17.1 Å². The molecule has 9 nitrogen and oxygen atoms in total. The number of nitro groups is 1. The molecular formula is C27H29N5O4. The van der Waals surface area contributed by atoms with Crippen molar-refractivity contribution in [3.8, 4) is 0 Å². The standard InChI is InChI=1S/C27H29N5O4/c1-30(2)22-13-11-20(12-14-22)25(31-16-15-19-7-3-4-8-21(19)18-31)17-28-26(33)27(34)29-23-9-5-6-10-24(23)32(35)36/h3-14,25H,15-18H2,1-2H3,(H,28,33)(H,29,34)/t25-/m1/s1. The maximum Gasteiger partial charge on any atom is 0.313 e. The van der Waals surface area contributed by atoms with Gasteiger partial charge in [0.05, 0.1) is 11.0 Å². The van der Waals surface area contributed by atoms with Gasteiger partial charge in [0.25, 0.3) is 5.69 Å². The number of benzene rings is 3. The lowest BCUT2D eigenvalue weighted by Crippen LogP contribution is -2.43. The summed E-state index contributed by atoms with van der Waals surface area (Å²) in [5, 5.41) is 16.3. The minimum Gasteiger partial charge on any atom is -0.378 e. The number of hydrogen-bond acceptors (Lipinski definition) is 6. The Balaban J connectivity index is 1.50. The third kappa shape index (κ3) is 5.69. The quantitative estimate of drug-likeness (QED) is 0.300. The Bertz CT molecular complexity index is 1260. The molecule has 36 heavy (non-hydrogen) atoms. The summed E-state index contributed by atoms with van der Waals surface area (Å²) < 4.78 is 0. The lowest BCUT2D eigenvalue weighted by Gasteiger charge is -2.36. The number of carbonyl (C=O) groups excluding carboxylic acids is 2. The van der Waals surface area contributed by atoms with Crippen molar-refractivity contribution in [2.45, 2.75) is 19.0 Å². The Morgan fingerprint density at radius 1 is 0.972 bits per heavy atom. The predicted molar refractivity (Wildman–Crippen MR) is 139 cm³/mol. The van der Waals surface area contributed by atoms with E-state index in [9.17, 15) is 19.7 Å². The molecule has 186 valence electrons. The van der Waals surface area contributed by atoms with E-state index in [0.717, 1.165) is 30.8 Å². The Kier molecular flexibility index (Phi) is 7.60. The second kappa shape index (κ2) is 11.0. The molecule has 1 aliphatic rings. The van der Waals surface area contributed by atoms with Crippen molar-refractivity contribution < 1.29 is 14.5 Å². The summed E-state index contributed by atoms with van der Waals surface area (Å²) in [6, 6.07) is 22.0. The van der Waals surface area contributed by atoms with Crippen LogP contribution in [0.15, 0.2) is 72.8 Å². The van der Waals surface area contributed by atoms with E-state index in [0.29, 0.717) is 0 Å². The van der Waals surface area contributed by atoms with Crippen LogP contribution in [0.25, 0.3) is 0 Å². The van der Waals surface area contributed by atoms with Crippen LogP contribution in [0.1, 0.15) is 22.7 Å². The monoisotopic (exact) mass is 487 g/mol. The van der Waals surface area contributed by atoms with Crippen LogP contribution in [0.3, 0.4) is 0 Å². The molecule has 0 bridgehead atoms. The maximum absolute atomic E-state index is 12.7. The van der Waals surface area contributed by atoms with Crippen molar-refractivity contribution in [2.24, 2.45) is 0 Å². The van der Waals surface area contributed by atoms with E-state index in [2.05, 4.69) is 27.7 Å². The number of fused-ring (bicyclic) bond motifs is 1. The van der Waals surface area contributed by atoms with Crippen molar-refractivity contribution >= 4 is 28.9 Å². The fourth-order valence-electron chi connectivity index (χ4n) is 4.42. The molecule has 0 aliphatic carbocycles. The lowest BCUT2D eigenvalue weighted by molar-refractivity contribution is -0.383. The Hall–Kier alpha value is -4.24. The van der Waals surface area contributed by atoms with Gasteiger partial charge in [-0.1, -0.05) is 48.5 Å². The van der Waals surface area contributed by atoms with Crippen LogP contribution in [0.2, 0.25) is 0 Å². The van der Waals surface area contributed by atoms with Gasteiger partial charge in [0.2, 0.25) is 0 Å². The van der Waals surface area contributed by atoms with E-state index < -0.39 is 16.7 Å². The molecule has 2 amide bonds. The van der Waals surface area contributed by atoms with Gasteiger partial charge in [0, 0.05) is 45.5 Å². The van der Waals surface area contributed by atoms with Gasteiger partial charge in [-0.25, -0.2) is 0 Å². The van der Waals surface area contributed by atoms with E-state index in [1.54, 1.807) is 6.07 Å². The number of nitrogens with one attached hydrogen (secondary N) is 2. The van der Waals surface area contributed by atoms with Gasteiger partial charge < -0.3 is 15.5 Å². The van der Waals surface area contributed by atoms with Crippen LogP contribution in [0.5, 0.6) is 0 Å². The second-order valence-corrected chi connectivity index (χ2v) is 8.93. The van der Waals surface area contributed by atoms with Crippen LogP contribution in [-0.4, -0.2) is 48.8 Å². The van der Waals surface area contributed by atoms with E-state index in [1.807, 2.05) is 55.4 Å². The largest absolute Gasteiger partial charge is 0.378 e. The van der Waals surface area contributed by atoms with Crippen molar-refractivity contribution in [3.05, 3.63) is 99.6 Å². The molecule has 3 aromatic carbocycles. The number of carbonyl (C=O) groups is 2. The number of amides is 2. The zero-order valence-electron chi connectivity index (χ0n) is 20.3. The van der Waals surface area contributed by atoms with Gasteiger partial charge in [-0.05, 0) is 41.3 Å². The molecule has 2 N–H and O–H groups in total. The molecule has 0 spiro atoms. The summed E-state index contributed by atoms with van der Waals surface area (Å²) in [4.78, 5) is 40.1. The SMILES string of the molecule is CN(C)c1ccc([C@@H](CNC(=O)C(=O)Nc2ccccc2[N+](=O)[O-])N2CCc3ccccc3C2)cc1. The molecular weight excluding hydrogens is 458 g/mol. The zero-order chi connectivity index (χ0) is 25.7. The molecule has 0 fully saturated rings. The average molecular weight is 488 g/mol. The summed E-state index contributed by atoms with van der Waals surface area (Å²) >= 11 is 0. The molecule has 1 atom stereocenters. The molecule has 0 unspecified atom stereocenters. The second-order valence-electron chi connectivity index (χ2n) is 8.93. The third-order valence-corrected chi connectivity index (χ3v) is 6.41. The van der Waals surface area contributed by atoms with Crippen LogP contribution in [0, 0.1) is 10.1 Å². The normalized spacial score (nSPS) is 13.8. The first kappa shape index (κ1) is 24.9. The van der Waals surface area contributed by atoms with E-state index in [1.165, 1.54) is 29.3 Å². The molecule has 9 heteroatoms. The minimum atomic E-state index is -0.949. The van der Waals surface area contributed by atoms with Gasteiger partial charge in [-0.15, -0.1) is 0 Å². The molecule has 0 saturated carbocycles. The Morgan fingerprint density at radius 2 is 1.64 bits per heavy atom. The van der Waals surface area contributed by atoms with E-state index >= 15 is 0 Å². The molecule has 0 aromatic heterocycles. The van der Waals surface area contributed by atoms with E-state index in [-0.39, 0.29) is 24.0 Å². The summed E-state index contributed by atoms with van der Waals surface area (Å²) in [6.07, 6.45) is 0.897. The van der Waals surface area contributed by atoms with Crippen molar-refractivity contribution in [2.75, 3.05) is 37.4 Å². The van der Waals surface area contributed by atoms with Gasteiger partial charge in [0.15, 0.2) is 0 Å². The number of nitrogens with zero attached hydrogens (tertiary/aromatic N) is 3. The topological polar surface area (TPSA) is 108 Å². The van der Waals surface area contributed by atoms with E-state index in [4.69, 9.17) is 0 Å². The van der Waals surface area contributed by atoms with Crippen molar-refractivity contribution in [1.82, 2.24) is 10.2 Å². The first-order valence-electron chi connectivity index (χ1n) is 11.7. The number of nitro benzene ring substituents is 1. The molecule has 4 rings (SSSR count). The highest BCUT2D eigenvalue weighted by Gasteiger charge is 2.27. The van der Waals surface area contributed by atoms with Crippen molar-refractivity contribution in [3.63, 3.8) is 0 Å². The van der Waals surface area contributed by atoms with Gasteiger partial charge in [-0.2, -0.15) is 0 Å². The first-order chi connectivity index (χ1) is 17.3. The number of hydrogen-bond donors (Lipinski definition) is 2. The predicted octanol–water partition coefficient (Wildman–Crippen LogP) is 3.52. The molecule has 0 radical (unpaired) electrons. The Morgan fingerprint density at radius 3 is 2.33 bits per heavy atom. The summed E-state index contributed by atoms with van der Waals surface area (Å²) in [6.45, 7) is 1.76. The summed E-state index contributed by atoms with van der Waals surface area (Å²) in [5.74, 6) is -1.80. The van der Waals surface area contributed by atoms with Crippen molar-refractivity contribution in [1.29, 1.82) is 0 Å². The smallest absolute Gasteiger partial charge is 0.313 e. The first-order valence-corrected chi connectivity index (χ1v) is 11.7. The molecule has 1 heterocycles. The minimum absolute atomic E-state index is 0.0221. The number of anilines is 2. The highest BCUT2D eigenvalue weighted by molar-refractivity contribution is 6.39. The fourth-order valence-corrected chi connectivity index (χ4v) is 4.42. The average Bonchev–Trinajstić information content (AvgIpc) is 2.89. The highest BCUT2D eigenvalue weighted by Crippen LogP contribution is 2.29. The summed E-state index contributed by atoms with van der Waals surface area (Å²) in [5.41, 5.74) is 4.37. The fraction of sp³-hybridized carbons (Fsp3) is 0.259. The molecule has 3 aromatic rings. The third-order valence-electron chi connectivity index (χ3n) is 6.41. The molecule has 0 saturated heterocycles. The van der Waals surface area contributed by atoms with Crippen LogP contribution in [-0.2, 0) is 22.6 Å². The molecule has 1 aliphatic heterocycles. The lowest BCUT2D eigenvalue weighted by atomic mass is 9.96. The van der Waals surface area contributed by atoms with Gasteiger partial charge >= 0.3 is 11.8 Å². The Labute approximate surface area is 209 Å². The van der Waals surface area contributed by atoms with Gasteiger partial charge in [-0.3, -0.25) is 24.6 Å². The zero-order valence-corrected chi connectivity index (χ0v) is 20.3. The van der Waals surface area contributed by atoms with Crippen LogP contribution >= 0.6 is 0 Å². The van der Waals surface area contributed by atoms with Gasteiger partial charge in [0.1, 0.15) is 5.69 Å². The maximum atomic E-state index is 12.7.